The van der Waals surface area contributed by atoms with Crippen molar-refractivity contribution in [2.24, 2.45) is 0 Å². The Morgan fingerprint density at radius 1 is 1.31 bits per heavy atom. The molecule has 134 valence electrons. The average molecular weight is 362 g/mol. The molecule has 9 heteroatoms. The molecule has 1 aromatic carbocycles. The van der Waals surface area contributed by atoms with Gasteiger partial charge in [0.25, 0.3) is 0 Å². The van der Waals surface area contributed by atoms with Crippen LogP contribution >= 0.6 is 0 Å². The van der Waals surface area contributed by atoms with Crippen LogP contribution in [0.3, 0.4) is 0 Å². The predicted molar refractivity (Wildman–Crippen MR) is 87.3 cm³/mol. The molecule has 0 aliphatic rings. The molecule has 0 bridgehead atoms. The molecule has 0 saturated carbocycles. The Labute approximate surface area is 145 Å². The lowest BCUT2D eigenvalue weighted by molar-refractivity contribution is 0.337. The average Bonchev–Trinajstić information content (AvgIpc) is 2.97. The Balaban J connectivity index is 2.35. The molecule has 3 aromatic rings. The van der Waals surface area contributed by atoms with Crippen molar-refractivity contribution in [3.63, 3.8) is 0 Å². The summed E-state index contributed by atoms with van der Waals surface area (Å²) < 4.78 is 46.8. The maximum Gasteiger partial charge on any atom is 0.352 e. The van der Waals surface area contributed by atoms with Gasteiger partial charge in [-0.2, -0.15) is 14.6 Å². The number of nitrogens with zero attached hydrogens (tertiary/aromatic N) is 3. The van der Waals surface area contributed by atoms with Gasteiger partial charge in [-0.1, -0.05) is 19.8 Å². The third-order valence-corrected chi connectivity index (χ3v) is 3.61. The maximum absolute atomic E-state index is 13.7. The summed E-state index contributed by atoms with van der Waals surface area (Å²) in [5.74, 6) is -2.28. The molecule has 2 aromatic heterocycles. The summed E-state index contributed by atoms with van der Waals surface area (Å²) >= 11 is 0. The largest absolute Gasteiger partial charge is 0.451 e. The zero-order valence-electron chi connectivity index (χ0n) is 13.8. The van der Waals surface area contributed by atoms with E-state index in [-0.39, 0.29) is 35.3 Å². The summed E-state index contributed by atoms with van der Waals surface area (Å²) in [6.07, 6.45) is 5.11. The molecule has 0 fully saturated rings. The number of aromatic amines is 1. The van der Waals surface area contributed by atoms with Crippen LogP contribution in [0.25, 0.3) is 16.8 Å². The SMILES string of the molecule is C#CCOc1nc2c(-c3cc(F)c(F)c(F)c3)c(C(C)C)nn2c(=O)[nH]1. The van der Waals surface area contributed by atoms with Crippen molar-refractivity contribution >= 4 is 5.65 Å². The number of benzene rings is 1. The Hall–Kier alpha value is -3.28. The molecule has 0 aliphatic carbocycles. The molecule has 1 N–H and O–H groups in total. The second kappa shape index (κ2) is 6.55. The Kier molecular flexibility index (Phi) is 4.42. The van der Waals surface area contributed by atoms with Crippen LogP contribution in [0.1, 0.15) is 25.5 Å². The van der Waals surface area contributed by atoms with E-state index in [9.17, 15) is 18.0 Å². The van der Waals surface area contributed by atoms with E-state index in [4.69, 9.17) is 11.2 Å². The fourth-order valence-electron chi connectivity index (χ4n) is 2.50. The van der Waals surface area contributed by atoms with Crippen molar-refractivity contribution in [2.45, 2.75) is 19.8 Å². The molecule has 3 rings (SSSR count). The number of hydrogen-bond acceptors (Lipinski definition) is 4. The van der Waals surface area contributed by atoms with Gasteiger partial charge >= 0.3 is 11.7 Å². The topological polar surface area (TPSA) is 72.3 Å². The number of H-pyrrole nitrogens is 1. The highest BCUT2D eigenvalue weighted by Crippen LogP contribution is 2.33. The van der Waals surface area contributed by atoms with Crippen LogP contribution in [0, 0.1) is 29.8 Å². The summed E-state index contributed by atoms with van der Waals surface area (Å²) in [7, 11) is 0. The van der Waals surface area contributed by atoms with Crippen molar-refractivity contribution in [3.8, 4) is 29.5 Å². The number of terminal acetylenes is 1. The van der Waals surface area contributed by atoms with E-state index in [1.165, 1.54) is 0 Å². The van der Waals surface area contributed by atoms with Crippen LogP contribution < -0.4 is 10.4 Å². The quantitative estimate of drug-likeness (QED) is 0.572. The van der Waals surface area contributed by atoms with E-state index < -0.39 is 23.1 Å². The molecule has 0 amide bonds. The van der Waals surface area contributed by atoms with Gasteiger partial charge in [-0.15, -0.1) is 6.42 Å². The number of aromatic nitrogens is 4. The molecule has 0 spiro atoms. The van der Waals surface area contributed by atoms with Gasteiger partial charge < -0.3 is 4.74 Å². The molecular weight excluding hydrogens is 349 g/mol. The number of rotatable bonds is 4. The van der Waals surface area contributed by atoms with Crippen LogP contribution in [-0.4, -0.2) is 26.2 Å². The maximum atomic E-state index is 13.7. The molecule has 6 nitrogen and oxygen atoms in total. The lowest BCUT2D eigenvalue weighted by atomic mass is 9.99. The molecule has 2 heterocycles. The lowest BCUT2D eigenvalue weighted by Gasteiger charge is -2.07. The Morgan fingerprint density at radius 3 is 2.54 bits per heavy atom. The van der Waals surface area contributed by atoms with Gasteiger partial charge in [-0.25, -0.2) is 18.0 Å². The van der Waals surface area contributed by atoms with E-state index in [0.29, 0.717) is 5.69 Å². The first kappa shape index (κ1) is 17.5. The second-order valence-electron chi connectivity index (χ2n) is 5.74. The van der Waals surface area contributed by atoms with Crippen molar-refractivity contribution in [3.05, 3.63) is 45.8 Å². The number of fused-ring (bicyclic) bond motifs is 1. The number of ether oxygens (including phenoxy) is 1. The summed E-state index contributed by atoms with van der Waals surface area (Å²) in [5.41, 5.74) is -0.0915. The molecule has 0 saturated heterocycles. The van der Waals surface area contributed by atoms with Gasteiger partial charge in [-0.05, 0) is 23.6 Å². The minimum Gasteiger partial charge on any atom is -0.451 e. The third-order valence-electron chi connectivity index (χ3n) is 3.61. The standard InChI is InChI=1S/C17H13F3N4O2/c1-4-5-26-16-21-15-12(9-6-10(18)13(20)11(19)7-9)14(8(2)3)23-24(15)17(25)22-16/h1,6-8H,5H2,2-3H3,(H,21,22,25). The first-order valence-electron chi connectivity index (χ1n) is 7.57. The minimum absolute atomic E-state index is 0.00102. The van der Waals surface area contributed by atoms with Crippen LogP contribution in [0.4, 0.5) is 13.2 Å². The van der Waals surface area contributed by atoms with Crippen molar-refractivity contribution < 1.29 is 17.9 Å². The van der Waals surface area contributed by atoms with Crippen molar-refractivity contribution in [1.29, 1.82) is 0 Å². The van der Waals surface area contributed by atoms with Crippen LogP contribution in [0.2, 0.25) is 0 Å². The molecule has 26 heavy (non-hydrogen) atoms. The van der Waals surface area contributed by atoms with Gasteiger partial charge in [0.2, 0.25) is 0 Å². The molecular formula is C17H13F3N4O2. The zero-order chi connectivity index (χ0) is 19.0. The second-order valence-corrected chi connectivity index (χ2v) is 5.74. The lowest BCUT2D eigenvalue weighted by Crippen LogP contribution is -2.20. The van der Waals surface area contributed by atoms with E-state index in [0.717, 1.165) is 16.6 Å². The zero-order valence-corrected chi connectivity index (χ0v) is 13.8. The molecule has 0 atom stereocenters. The third kappa shape index (κ3) is 2.90. The van der Waals surface area contributed by atoms with E-state index >= 15 is 0 Å². The fraction of sp³-hybridized carbons (Fsp3) is 0.235. The van der Waals surface area contributed by atoms with Gasteiger partial charge in [0.05, 0.1) is 11.3 Å². The van der Waals surface area contributed by atoms with Crippen LogP contribution in [0.5, 0.6) is 6.01 Å². The summed E-state index contributed by atoms with van der Waals surface area (Å²) in [6.45, 7) is 3.43. The normalized spacial score (nSPS) is 11.1. The summed E-state index contributed by atoms with van der Waals surface area (Å²) in [4.78, 5) is 18.7. The first-order valence-corrected chi connectivity index (χ1v) is 7.57. The highest BCUT2D eigenvalue weighted by Gasteiger charge is 2.23. The van der Waals surface area contributed by atoms with Gasteiger partial charge in [0.15, 0.2) is 29.7 Å². The monoisotopic (exact) mass is 362 g/mol. The van der Waals surface area contributed by atoms with Gasteiger partial charge in [0, 0.05) is 0 Å². The van der Waals surface area contributed by atoms with E-state index in [2.05, 4.69) is 21.0 Å². The van der Waals surface area contributed by atoms with Gasteiger partial charge in [0.1, 0.15) is 0 Å². The highest BCUT2D eigenvalue weighted by atomic mass is 19.2. The van der Waals surface area contributed by atoms with Crippen molar-refractivity contribution in [1.82, 2.24) is 19.6 Å². The smallest absolute Gasteiger partial charge is 0.352 e. The summed E-state index contributed by atoms with van der Waals surface area (Å²) in [6, 6.07) is 1.48. The van der Waals surface area contributed by atoms with Crippen LogP contribution in [-0.2, 0) is 0 Å². The minimum atomic E-state index is -1.58. The number of nitrogens with one attached hydrogen (secondary N) is 1. The Bertz CT molecular complexity index is 1070. The van der Waals surface area contributed by atoms with Crippen LogP contribution in [0.15, 0.2) is 16.9 Å². The van der Waals surface area contributed by atoms with E-state index in [1.54, 1.807) is 13.8 Å². The Morgan fingerprint density at radius 2 is 1.96 bits per heavy atom. The number of halogens is 3. The van der Waals surface area contributed by atoms with E-state index in [1.807, 2.05) is 0 Å². The van der Waals surface area contributed by atoms with Gasteiger partial charge in [-0.3, -0.25) is 4.98 Å². The first-order chi connectivity index (χ1) is 12.3. The van der Waals surface area contributed by atoms with Crippen molar-refractivity contribution in [2.75, 3.05) is 6.61 Å². The molecule has 0 unspecified atom stereocenters. The highest BCUT2D eigenvalue weighted by molar-refractivity contribution is 5.80. The fourth-order valence-corrected chi connectivity index (χ4v) is 2.50. The predicted octanol–water partition coefficient (Wildman–Crippen LogP) is 2.64. The summed E-state index contributed by atoms with van der Waals surface area (Å²) in [5, 5.41) is 4.17. The number of hydrogen-bond donors (Lipinski definition) is 1. The molecule has 0 radical (unpaired) electrons. The molecule has 0 aliphatic heterocycles.